The van der Waals surface area contributed by atoms with Crippen LogP contribution in [0.3, 0.4) is 0 Å². The van der Waals surface area contributed by atoms with E-state index in [0.29, 0.717) is 15.0 Å². The van der Waals surface area contributed by atoms with Gasteiger partial charge in [-0.25, -0.2) is 0 Å². The van der Waals surface area contributed by atoms with E-state index in [1.54, 1.807) is 11.8 Å². The van der Waals surface area contributed by atoms with Crippen molar-refractivity contribution < 1.29 is 9.59 Å². The molecule has 1 aliphatic carbocycles. The zero-order valence-corrected chi connectivity index (χ0v) is 20.1. The Labute approximate surface area is 200 Å². The molecule has 1 saturated carbocycles. The highest BCUT2D eigenvalue weighted by atomic mass is 32.2. The zero-order valence-electron chi connectivity index (χ0n) is 18.4. The molecule has 1 aliphatic rings. The van der Waals surface area contributed by atoms with E-state index in [9.17, 15) is 9.59 Å². The molecule has 5 rings (SSSR count). The van der Waals surface area contributed by atoms with Gasteiger partial charge in [-0.15, -0.1) is 10.2 Å². The van der Waals surface area contributed by atoms with E-state index in [2.05, 4.69) is 28.2 Å². The number of ketones is 1. The van der Waals surface area contributed by atoms with Crippen molar-refractivity contribution in [2.24, 2.45) is 0 Å². The van der Waals surface area contributed by atoms with Gasteiger partial charge in [-0.3, -0.25) is 14.5 Å². The number of benzene rings is 2. The Morgan fingerprint density at radius 3 is 2.64 bits per heavy atom. The highest BCUT2D eigenvalue weighted by Crippen LogP contribution is 2.43. The Morgan fingerprint density at radius 1 is 1.15 bits per heavy atom. The molecule has 1 N–H and O–H groups in total. The molecule has 0 spiro atoms. The number of aromatic amines is 1. The summed E-state index contributed by atoms with van der Waals surface area (Å²) in [5.41, 5.74) is 3.79. The van der Waals surface area contributed by atoms with Crippen LogP contribution < -0.4 is 4.90 Å². The van der Waals surface area contributed by atoms with E-state index in [1.807, 2.05) is 48.7 Å². The minimum atomic E-state index is -0.469. The number of hydrogen-bond donors (Lipinski definition) is 1. The van der Waals surface area contributed by atoms with Gasteiger partial charge in [0.2, 0.25) is 11.0 Å². The lowest BCUT2D eigenvalue weighted by Gasteiger charge is -2.16. The third-order valence-corrected chi connectivity index (χ3v) is 8.12. The van der Waals surface area contributed by atoms with Crippen molar-refractivity contribution in [2.45, 2.75) is 48.7 Å². The van der Waals surface area contributed by atoms with Gasteiger partial charge in [-0.2, -0.15) is 0 Å². The number of H-pyrrole nitrogens is 1. The number of Topliss-reactive ketones (excluding diaryl/α,β-unsaturated/α-hetero) is 1. The summed E-state index contributed by atoms with van der Waals surface area (Å²) in [4.78, 5) is 31.0. The second-order valence-electron chi connectivity index (χ2n) is 8.14. The van der Waals surface area contributed by atoms with Crippen LogP contribution in [-0.4, -0.2) is 32.9 Å². The van der Waals surface area contributed by atoms with E-state index >= 15 is 0 Å². The molecule has 4 aromatic rings. The number of aryl methyl sites for hydroxylation is 1. The fraction of sp³-hybridized carbons (Fsp3) is 0.280. The van der Waals surface area contributed by atoms with Gasteiger partial charge >= 0.3 is 0 Å². The van der Waals surface area contributed by atoms with Crippen LogP contribution >= 0.6 is 23.1 Å². The maximum Gasteiger partial charge on any atom is 0.225 e. The molecule has 0 saturated heterocycles. The lowest BCUT2D eigenvalue weighted by atomic mass is 10.0. The quantitative estimate of drug-likeness (QED) is 0.197. The SMILES string of the molecule is CCc1cccc2c(C(=O)C(Sc3nnc(N(C(C)=O)C4CC4)s3)c3ccccc3)c[nH]c12. The summed E-state index contributed by atoms with van der Waals surface area (Å²) >= 11 is 2.76. The van der Waals surface area contributed by atoms with Crippen molar-refractivity contribution >= 4 is 50.8 Å². The van der Waals surface area contributed by atoms with Crippen LogP contribution in [0.4, 0.5) is 5.13 Å². The largest absolute Gasteiger partial charge is 0.360 e. The summed E-state index contributed by atoms with van der Waals surface area (Å²) in [6.45, 7) is 3.67. The maximum atomic E-state index is 13.8. The minimum absolute atomic E-state index is 0.0214. The number of amides is 1. The molecule has 0 bridgehead atoms. The summed E-state index contributed by atoms with van der Waals surface area (Å²) in [5, 5.41) is 9.68. The molecule has 1 unspecified atom stereocenters. The smallest absolute Gasteiger partial charge is 0.225 e. The Kier molecular flexibility index (Phi) is 6.03. The fourth-order valence-electron chi connectivity index (χ4n) is 4.09. The van der Waals surface area contributed by atoms with Gasteiger partial charge < -0.3 is 4.98 Å². The Balaban J connectivity index is 1.49. The monoisotopic (exact) mass is 476 g/mol. The van der Waals surface area contributed by atoms with Gasteiger partial charge in [0.1, 0.15) is 5.25 Å². The van der Waals surface area contributed by atoms with Crippen molar-refractivity contribution in [3.63, 3.8) is 0 Å². The number of nitrogens with zero attached hydrogens (tertiary/aromatic N) is 3. The molecule has 1 atom stereocenters. The number of nitrogens with one attached hydrogen (secondary N) is 1. The number of carbonyl (C=O) groups is 2. The number of aromatic nitrogens is 3. The molecule has 0 radical (unpaired) electrons. The standard InChI is InChI=1S/C25H24N4O2S2/c1-3-16-10-7-11-19-20(14-26-21(16)19)22(31)23(17-8-5-4-6-9-17)32-25-28-27-24(33-25)29(15(2)30)18-12-13-18/h4-11,14,18,23,26H,3,12-13H2,1-2H3. The molecule has 6 nitrogen and oxygen atoms in total. The molecular weight excluding hydrogens is 452 g/mol. The number of thioether (sulfide) groups is 1. The second kappa shape index (κ2) is 9.11. The summed E-state index contributed by atoms with van der Waals surface area (Å²) in [7, 11) is 0. The zero-order chi connectivity index (χ0) is 22.9. The predicted molar refractivity (Wildman–Crippen MR) is 133 cm³/mol. The Bertz CT molecular complexity index is 1310. The van der Waals surface area contributed by atoms with Crippen molar-refractivity contribution in [2.75, 3.05) is 4.90 Å². The molecule has 2 aromatic heterocycles. The van der Waals surface area contributed by atoms with Gasteiger partial charge in [0, 0.05) is 35.6 Å². The summed E-state index contributed by atoms with van der Waals surface area (Å²) in [6, 6.07) is 16.1. The van der Waals surface area contributed by atoms with Gasteiger partial charge in [-0.05, 0) is 30.4 Å². The Hall–Kier alpha value is -2.97. The number of hydrogen-bond acceptors (Lipinski definition) is 6. The first-order valence-electron chi connectivity index (χ1n) is 11.0. The van der Waals surface area contributed by atoms with E-state index in [0.717, 1.165) is 35.7 Å². The molecule has 8 heteroatoms. The second-order valence-corrected chi connectivity index (χ2v) is 10.4. The molecule has 168 valence electrons. The minimum Gasteiger partial charge on any atom is -0.360 e. The van der Waals surface area contributed by atoms with Crippen molar-refractivity contribution in [3.8, 4) is 0 Å². The van der Waals surface area contributed by atoms with Crippen LogP contribution in [-0.2, 0) is 11.2 Å². The van der Waals surface area contributed by atoms with Crippen molar-refractivity contribution in [1.82, 2.24) is 15.2 Å². The summed E-state index contributed by atoms with van der Waals surface area (Å²) in [5.74, 6) is -0.000485. The van der Waals surface area contributed by atoms with Crippen molar-refractivity contribution in [3.05, 3.63) is 71.4 Å². The number of rotatable bonds is 8. The van der Waals surface area contributed by atoms with Crippen LogP contribution in [0.1, 0.15) is 53.4 Å². The summed E-state index contributed by atoms with van der Waals surface area (Å²) < 4.78 is 0.674. The first-order valence-corrected chi connectivity index (χ1v) is 12.7. The molecule has 2 aromatic carbocycles. The third-order valence-electron chi connectivity index (χ3n) is 5.86. The number of para-hydroxylation sites is 1. The topological polar surface area (TPSA) is 79.0 Å². The first kappa shape index (κ1) is 21.9. The molecule has 33 heavy (non-hydrogen) atoms. The number of fused-ring (bicyclic) bond motifs is 1. The molecule has 1 fully saturated rings. The van der Waals surface area contributed by atoms with Crippen molar-refractivity contribution in [1.29, 1.82) is 0 Å². The molecule has 1 amide bonds. The fourth-order valence-corrected chi connectivity index (χ4v) is 6.30. The van der Waals surface area contributed by atoms with E-state index in [-0.39, 0.29) is 17.7 Å². The van der Waals surface area contributed by atoms with Crippen LogP contribution in [0.15, 0.2) is 59.1 Å². The average Bonchev–Trinajstić information content (AvgIpc) is 3.38. The van der Waals surface area contributed by atoms with Gasteiger partial charge in [0.05, 0.1) is 0 Å². The van der Waals surface area contributed by atoms with Crippen LogP contribution in [0, 0.1) is 0 Å². The van der Waals surface area contributed by atoms with E-state index in [4.69, 9.17) is 0 Å². The van der Waals surface area contributed by atoms with Crippen LogP contribution in [0.5, 0.6) is 0 Å². The van der Waals surface area contributed by atoms with Gasteiger partial charge in [-0.1, -0.05) is 78.6 Å². The highest BCUT2D eigenvalue weighted by molar-refractivity contribution is 8.02. The summed E-state index contributed by atoms with van der Waals surface area (Å²) in [6.07, 6.45) is 4.70. The highest BCUT2D eigenvalue weighted by Gasteiger charge is 2.35. The molecular formula is C25H24N4O2S2. The lowest BCUT2D eigenvalue weighted by molar-refractivity contribution is -0.116. The number of anilines is 1. The maximum absolute atomic E-state index is 13.8. The van der Waals surface area contributed by atoms with Gasteiger partial charge in [0.15, 0.2) is 10.1 Å². The third kappa shape index (κ3) is 4.32. The van der Waals surface area contributed by atoms with E-state index < -0.39 is 5.25 Å². The van der Waals surface area contributed by atoms with E-state index in [1.165, 1.54) is 28.7 Å². The Morgan fingerprint density at radius 2 is 1.94 bits per heavy atom. The average molecular weight is 477 g/mol. The van der Waals surface area contributed by atoms with Crippen LogP contribution in [0.2, 0.25) is 0 Å². The lowest BCUT2D eigenvalue weighted by Crippen LogP contribution is -2.30. The first-order chi connectivity index (χ1) is 16.1. The molecule has 0 aliphatic heterocycles. The predicted octanol–water partition coefficient (Wildman–Crippen LogP) is 5.81. The van der Waals surface area contributed by atoms with Crippen LogP contribution in [0.25, 0.3) is 10.9 Å². The number of carbonyl (C=O) groups excluding carboxylic acids is 2. The molecule has 2 heterocycles. The van der Waals surface area contributed by atoms with Gasteiger partial charge in [0.25, 0.3) is 0 Å². The normalized spacial score (nSPS) is 14.4.